The molecule has 116 valence electrons. The van der Waals surface area contributed by atoms with Crippen molar-refractivity contribution in [2.75, 3.05) is 20.3 Å². The first-order valence-corrected chi connectivity index (χ1v) is 7.35. The molecule has 0 heterocycles. The summed E-state index contributed by atoms with van der Waals surface area (Å²) in [4.78, 5) is 14.0. The van der Waals surface area contributed by atoms with Crippen molar-refractivity contribution in [2.45, 2.75) is 38.8 Å². The Kier molecular flexibility index (Phi) is 5.07. The van der Waals surface area contributed by atoms with Gasteiger partial charge in [0.2, 0.25) is 0 Å². The third-order valence-electron chi connectivity index (χ3n) is 3.67. The highest BCUT2D eigenvalue weighted by Crippen LogP contribution is 2.31. The molecule has 1 N–H and O–H groups in total. The first-order valence-electron chi connectivity index (χ1n) is 7.35. The number of hydrogen-bond acceptors (Lipinski definition) is 4. The summed E-state index contributed by atoms with van der Waals surface area (Å²) in [6, 6.07) is 5.61. The predicted molar refractivity (Wildman–Crippen MR) is 79.5 cm³/mol. The van der Waals surface area contributed by atoms with Crippen LogP contribution in [0.4, 0.5) is 0 Å². The molecule has 0 radical (unpaired) electrons. The first-order chi connectivity index (χ1) is 10.1. The Morgan fingerprint density at radius 2 is 2.14 bits per heavy atom. The van der Waals surface area contributed by atoms with Crippen molar-refractivity contribution in [2.24, 2.45) is 0 Å². The maximum Gasteiger partial charge on any atom is 0.260 e. The molecule has 5 heteroatoms. The van der Waals surface area contributed by atoms with Crippen LogP contribution in [-0.2, 0) is 4.79 Å². The van der Waals surface area contributed by atoms with Gasteiger partial charge in [0.1, 0.15) is 0 Å². The molecule has 5 nitrogen and oxygen atoms in total. The van der Waals surface area contributed by atoms with Crippen LogP contribution in [0.1, 0.15) is 38.4 Å². The van der Waals surface area contributed by atoms with Crippen molar-refractivity contribution >= 4 is 5.91 Å². The second kappa shape index (κ2) is 6.80. The summed E-state index contributed by atoms with van der Waals surface area (Å²) in [7, 11) is 1.54. The fraction of sp³-hybridized carbons (Fsp3) is 0.562. The van der Waals surface area contributed by atoms with E-state index in [9.17, 15) is 9.90 Å². The Hall–Kier alpha value is -1.75. The van der Waals surface area contributed by atoms with Crippen LogP contribution in [0.3, 0.4) is 0 Å². The van der Waals surface area contributed by atoms with E-state index in [-0.39, 0.29) is 12.5 Å². The highest BCUT2D eigenvalue weighted by Gasteiger charge is 2.31. The third kappa shape index (κ3) is 3.88. The Morgan fingerprint density at radius 3 is 2.67 bits per heavy atom. The number of likely N-dealkylation sites (N-methyl/N-ethyl adjacent to an activating group) is 1. The van der Waals surface area contributed by atoms with E-state index in [1.54, 1.807) is 32.2 Å². The minimum atomic E-state index is -0.569. The van der Waals surface area contributed by atoms with Crippen LogP contribution in [0.25, 0.3) is 0 Å². The lowest BCUT2D eigenvalue weighted by Gasteiger charge is -2.21. The van der Waals surface area contributed by atoms with Crippen molar-refractivity contribution in [3.63, 3.8) is 0 Å². The van der Waals surface area contributed by atoms with Crippen LogP contribution < -0.4 is 9.47 Å². The van der Waals surface area contributed by atoms with Gasteiger partial charge >= 0.3 is 0 Å². The molecule has 1 saturated carbocycles. The van der Waals surface area contributed by atoms with Gasteiger partial charge in [0.25, 0.3) is 5.91 Å². The summed E-state index contributed by atoms with van der Waals surface area (Å²) in [6.07, 6.45) is 1.61. The maximum absolute atomic E-state index is 12.1. The molecular weight excluding hydrogens is 270 g/mol. The first kappa shape index (κ1) is 15.6. The second-order valence-corrected chi connectivity index (χ2v) is 5.29. The number of aliphatic hydroxyl groups is 1. The van der Waals surface area contributed by atoms with Crippen LogP contribution in [-0.4, -0.2) is 42.2 Å². The fourth-order valence-corrected chi connectivity index (χ4v) is 2.31. The molecule has 0 aromatic heterocycles. The van der Waals surface area contributed by atoms with E-state index in [0.717, 1.165) is 18.4 Å². The maximum atomic E-state index is 12.1. The highest BCUT2D eigenvalue weighted by molar-refractivity contribution is 5.78. The lowest BCUT2D eigenvalue weighted by atomic mass is 10.1. The molecule has 0 aliphatic heterocycles. The van der Waals surface area contributed by atoms with E-state index in [0.29, 0.717) is 24.1 Å². The van der Waals surface area contributed by atoms with E-state index in [4.69, 9.17) is 9.47 Å². The van der Waals surface area contributed by atoms with Crippen LogP contribution in [0.15, 0.2) is 18.2 Å². The molecule has 2 rings (SSSR count). The topological polar surface area (TPSA) is 59.0 Å². The smallest absolute Gasteiger partial charge is 0.260 e. The number of carbonyl (C=O) groups excluding carboxylic acids is 1. The van der Waals surface area contributed by atoms with Crippen molar-refractivity contribution in [1.82, 2.24) is 4.90 Å². The number of aliphatic hydroxyl groups excluding tert-OH is 1. The van der Waals surface area contributed by atoms with Gasteiger partial charge in [0, 0.05) is 12.6 Å². The number of nitrogens with zero attached hydrogens (tertiary/aromatic N) is 1. The minimum absolute atomic E-state index is 0.00153. The Balaban J connectivity index is 2.00. The summed E-state index contributed by atoms with van der Waals surface area (Å²) in [5.74, 6) is 1.04. The molecule has 0 bridgehead atoms. The van der Waals surface area contributed by atoms with E-state index in [1.807, 2.05) is 11.8 Å². The summed E-state index contributed by atoms with van der Waals surface area (Å²) in [5.41, 5.74) is 0.749. The molecule has 0 unspecified atom stereocenters. The Morgan fingerprint density at radius 1 is 1.43 bits per heavy atom. The van der Waals surface area contributed by atoms with Crippen molar-refractivity contribution < 1.29 is 19.4 Å². The number of carbonyl (C=O) groups is 1. The van der Waals surface area contributed by atoms with Crippen molar-refractivity contribution in [3.8, 4) is 11.5 Å². The van der Waals surface area contributed by atoms with Crippen LogP contribution in [0.5, 0.6) is 11.5 Å². The molecule has 1 amide bonds. The summed E-state index contributed by atoms with van der Waals surface area (Å²) in [5, 5.41) is 9.57. The van der Waals surface area contributed by atoms with E-state index in [1.165, 1.54) is 0 Å². The van der Waals surface area contributed by atoms with Gasteiger partial charge in [-0.15, -0.1) is 0 Å². The molecule has 0 saturated heterocycles. The number of benzene rings is 1. The largest absolute Gasteiger partial charge is 0.493 e. The molecule has 1 aliphatic carbocycles. The average molecular weight is 293 g/mol. The average Bonchev–Trinajstić information content (AvgIpc) is 3.30. The molecule has 1 aromatic carbocycles. The van der Waals surface area contributed by atoms with Gasteiger partial charge in [-0.05, 0) is 44.4 Å². The van der Waals surface area contributed by atoms with Crippen molar-refractivity contribution in [1.29, 1.82) is 0 Å². The van der Waals surface area contributed by atoms with Gasteiger partial charge in [-0.25, -0.2) is 0 Å². The fourth-order valence-electron chi connectivity index (χ4n) is 2.31. The van der Waals surface area contributed by atoms with Gasteiger partial charge in [-0.2, -0.15) is 0 Å². The number of amides is 1. The Labute approximate surface area is 125 Å². The number of methoxy groups -OCH3 is 1. The molecule has 0 spiro atoms. The second-order valence-electron chi connectivity index (χ2n) is 5.29. The molecule has 1 fully saturated rings. The van der Waals surface area contributed by atoms with Gasteiger partial charge in [0.15, 0.2) is 18.1 Å². The minimum Gasteiger partial charge on any atom is -0.493 e. The molecular formula is C16H23NO4. The van der Waals surface area contributed by atoms with E-state index >= 15 is 0 Å². The van der Waals surface area contributed by atoms with Crippen molar-refractivity contribution in [3.05, 3.63) is 23.8 Å². The van der Waals surface area contributed by atoms with Crippen LogP contribution in [0.2, 0.25) is 0 Å². The van der Waals surface area contributed by atoms with Crippen LogP contribution >= 0.6 is 0 Å². The molecule has 21 heavy (non-hydrogen) atoms. The summed E-state index contributed by atoms with van der Waals surface area (Å²) < 4.78 is 10.8. The SMILES string of the molecule is CCN(C(=O)COc1ccc([C@@H](C)O)cc1OC)C1CC1. The number of ether oxygens (including phenoxy) is 2. The summed E-state index contributed by atoms with van der Waals surface area (Å²) in [6.45, 7) is 4.39. The highest BCUT2D eigenvalue weighted by atomic mass is 16.5. The van der Waals surface area contributed by atoms with Gasteiger partial charge < -0.3 is 19.5 Å². The normalized spacial score (nSPS) is 15.4. The van der Waals surface area contributed by atoms with Gasteiger partial charge in [-0.1, -0.05) is 6.07 Å². The number of rotatable bonds is 7. The quantitative estimate of drug-likeness (QED) is 0.837. The molecule has 1 aromatic rings. The summed E-state index contributed by atoms with van der Waals surface area (Å²) >= 11 is 0. The molecule has 1 atom stereocenters. The Bertz CT molecular complexity index is 497. The standard InChI is InChI=1S/C16H23NO4/c1-4-17(13-6-7-13)16(19)10-21-14-8-5-12(11(2)18)9-15(14)20-3/h5,8-9,11,13,18H,4,6-7,10H2,1-3H3/t11-/m1/s1. The number of hydrogen-bond donors (Lipinski definition) is 1. The monoisotopic (exact) mass is 293 g/mol. The van der Waals surface area contributed by atoms with Crippen LogP contribution in [0, 0.1) is 0 Å². The lowest BCUT2D eigenvalue weighted by molar-refractivity contribution is -0.133. The third-order valence-corrected chi connectivity index (χ3v) is 3.67. The zero-order chi connectivity index (χ0) is 15.4. The van der Waals surface area contributed by atoms with Gasteiger partial charge in [0.05, 0.1) is 13.2 Å². The zero-order valence-electron chi connectivity index (χ0n) is 12.8. The zero-order valence-corrected chi connectivity index (χ0v) is 12.8. The predicted octanol–water partition coefficient (Wildman–Crippen LogP) is 2.14. The van der Waals surface area contributed by atoms with E-state index < -0.39 is 6.10 Å². The molecule has 1 aliphatic rings. The lowest BCUT2D eigenvalue weighted by Crippen LogP contribution is -2.36. The van der Waals surface area contributed by atoms with E-state index in [2.05, 4.69) is 0 Å². The van der Waals surface area contributed by atoms with Gasteiger partial charge in [-0.3, -0.25) is 4.79 Å².